The van der Waals surface area contributed by atoms with Crippen molar-refractivity contribution in [2.45, 2.75) is 32.2 Å². The van der Waals surface area contributed by atoms with E-state index in [9.17, 15) is 9.59 Å². The predicted octanol–water partition coefficient (Wildman–Crippen LogP) is 0.572. The standard InChI is InChI=1S/C12H20N2O3.ClH/c1-2-17-11(15)8-14(10-3-4-10)12(16)9-5-6-13-7-9;/h9-10,13H,2-8H2,1H3;1H. The summed E-state index contributed by atoms with van der Waals surface area (Å²) in [5.41, 5.74) is 0. The van der Waals surface area contributed by atoms with Gasteiger partial charge in [-0.2, -0.15) is 0 Å². The summed E-state index contributed by atoms with van der Waals surface area (Å²) in [5, 5.41) is 3.18. The highest BCUT2D eigenvalue weighted by Crippen LogP contribution is 2.29. The van der Waals surface area contributed by atoms with Crippen LogP contribution in [-0.2, 0) is 14.3 Å². The summed E-state index contributed by atoms with van der Waals surface area (Å²) in [7, 11) is 0. The smallest absolute Gasteiger partial charge is 0.325 e. The highest BCUT2D eigenvalue weighted by atomic mass is 35.5. The number of ether oxygens (including phenoxy) is 1. The Morgan fingerprint density at radius 3 is 2.56 bits per heavy atom. The third-order valence-electron chi connectivity index (χ3n) is 3.29. The lowest BCUT2D eigenvalue weighted by atomic mass is 10.1. The van der Waals surface area contributed by atoms with E-state index in [1.165, 1.54) is 0 Å². The van der Waals surface area contributed by atoms with Gasteiger partial charge in [0.2, 0.25) is 5.91 Å². The molecule has 0 aromatic carbocycles. The molecule has 0 aromatic heterocycles. The molecule has 1 aliphatic carbocycles. The molecule has 1 unspecified atom stereocenters. The predicted molar refractivity (Wildman–Crippen MR) is 69.6 cm³/mol. The van der Waals surface area contributed by atoms with Gasteiger partial charge in [-0.25, -0.2) is 0 Å². The van der Waals surface area contributed by atoms with Crippen molar-refractivity contribution >= 4 is 24.3 Å². The Balaban J connectivity index is 0.00000162. The van der Waals surface area contributed by atoms with Gasteiger partial charge < -0.3 is 15.0 Å². The van der Waals surface area contributed by atoms with E-state index in [0.29, 0.717) is 6.61 Å². The van der Waals surface area contributed by atoms with Crippen molar-refractivity contribution in [1.82, 2.24) is 10.2 Å². The molecule has 1 amide bonds. The zero-order valence-electron chi connectivity index (χ0n) is 10.7. The lowest BCUT2D eigenvalue weighted by molar-refractivity contribution is -0.150. The van der Waals surface area contributed by atoms with E-state index in [1.807, 2.05) is 0 Å². The second-order valence-electron chi connectivity index (χ2n) is 4.69. The lowest BCUT2D eigenvalue weighted by Gasteiger charge is -2.24. The molecule has 0 aromatic rings. The van der Waals surface area contributed by atoms with Crippen LogP contribution in [0.3, 0.4) is 0 Å². The Labute approximate surface area is 114 Å². The summed E-state index contributed by atoms with van der Waals surface area (Å²) in [5.74, 6) is -0.130. The van der Waals surface area contributed by atoms with Crippen LogP contribution < -0.4 is 5.32 Å². The van der Waals surface area contributed by atoms with Crippen LogP contribution in [0.15, 0.2) is 0 Å². The monoisotopic (exact) mass is 276 g/mol. The zero-order chi connectivity index (χ0) is 12.3. The molecule has 2 fully saturated rings. The fraction of sp³-hybridized carbons (Fsp3) is 0.833. The van der Waals surface area contributed by atoms with Crippen molar-refractivity contribution in [3.63, 3.8) is 0 Å². The van der Waals surface area contributed by atoms with Gasteiger partial charge in [-0.3, -0.25) is 9.59 Å². The van der Waals surface area contributed by atoms with Crippen molar-refractivity contribution in [3.05, 3.63) is 0 Å². The first-order valence-corrected chi connectivity index (χ1v) is 6.39. The topological polar surface area (TPSA) is 58.6 Å². The molecule has 5 nitrogen and oxygen atoms in total. The Hall–Kier alpha value is -0.810. The van der Waals surface area contributed by atoms with Gasteiger partial charge in [-0.15, -0.1) is 12.4 Å². The number of nitrogens with one attached hydrogen (secondary N) is 1. The first-order chi connectivity index (χ1) is 8.22. The maximum absolute atomic E-state index is 12.2. The fourth-order valence-electron chi connectivity index (χ4n) is 2.22. The number of halogens is 1. The molecule has 104 valence electrons. The van der Waals surface area contributed by atoms with Crippen LogP contribution in [0, 0.1) is 5.92 Å². The molecule has 1 aliphatic heterocycles. The first kappa shape index (κ1) is 15.2. The highest BCUT2D eigenvalue weighted by molar-refractivity contribution is 5.85. The molecule has 0 bridgehead atoms. The van der Waals surface area contributed by atoms with Gasteiger partial charge in [-0.1, -0.05) is 0 Å². The average molecular weight is 277 g/mol. The van der Waals surface area contributed by atoms with Gasteiger partial charge in [0.05, 0.1) is 12.5 Å². The number of nitrogens with zero attached hydrogens (tertiary/aromatic N) is 1. The van der Waals surface area contributed by atoms with Crippen LogP contribution in [0.4, 0.5) is 0 Å². The molecular formula is C12H21ClN2O3. The number of rotatable bonds is 5. The van der Waals surface area contributed by atoms with Crippen molar-refractivity contribution < 1.29 is 14.3 Å². The van der Waals surface area contributed by atoms with Crippen molar-refractivity contribution in [2.75, 3.05) is 26.2 Å². The third-order valence-corrected chi connectivity index (χ3v) is 3.29. The highest BCUT2D eigenvalue weighted by Gasteiger charge is 2.37. The van der Waals surface area contributed by atoms with Gasteiger partial charge in [0.15, 0.2) is 0 Å². The van der Waals surface area contributed by atoms with Crippen LogP contribution in [0.2, 0.25) is 0 Å². The molecule has 18 heavy (non-hydrogen) atoms. The minimum Gasteiger partial charge on any atom is -0.465 e. The Bertz CT molecular complexity index is 302. The van der Waals surface area contributed by atoms with Crippen LogP contribution in [0.25, 0.3) is 0 Å². The van der Waals surface area contributed by atoms with Crippen molar-refractivity contribution in [1.29, 1.82) is 0 Å². The average Bonchev–Trinajstić information content (AvgIpc) is 3.00. The minimum absolute atomic E-state index is 0. The molecular weight excluding hydrogens is 256 g/mol. The summed E-state index contributed by atoms with van der Waals surface area (Å²) in [6.45, 7) is 3.91. The second kappa shape index (κ2) is 6.95. The molecule has 1 saturated heterocycles. The van der Waals surface area contributed by atoms with E-state index < -0.39 is 0 Å². The van der Waals surface area contributed by atoms with Gasteiger partial charge in [0, 0.05) is 12.6 Å². The van der Waals surface area contributed by atoms with E-state index in [1.54, 1.807) is 11.8 Å². The molecule has 0 spiro atoms. The summed E-state index contributed by atoms with van der Waals surface area (Å²) in [6.07, 6.45) is 2.92. The van der Waals surface area contributed by atoms with E-state index in [2.05, 4.69) is 5.32 Å². The molecule has 1 N–H and O–H groups in total. The number of hydrogen-bond acceptors (Lipinski definition) is 4. The van der Waals surface area contributed by atoms with Gasteiger partial charge in [-0.05, 0) is 32.7 Å². The third kappa shape index (κ3) is 3.85. The maximum atomic E-state index is 12.2. The number of esters is 1. The van der Waals surface area contributed by atoms with E-state index in [-0.39, 0.29) is 42.8 Å². The summed E-state index contributed by atoms with van der Waals surface area (Å²) in [4.78, 5) is 25.4. The number of carbonyl (C=O) groups is 2. The first-order valence-electron chi connectivity index (χ1n) is 6.39. The summed E-state index contributed by atoms with van der Waals surface area (Å²) < 4.78 is 4.91. The van der Waals surface area contributed by atoms with E-state index in [4.69, 9.17) is 4.74 Å². The molecule has 2 aliphatic rings. The molecule has 0 radical (unpaired) electrons. The summed E-state index contributed by atoms with van der Waals surface area (Å²) >= 11 is 0. The Morgan fingerprint density at radius 1 is 1.33 bits per heavy atom. The van der Waals surface area contributed by atoms with Crippen molar-refractivity contribution in [3.8, 4) is 0 Å². The normalized spacial score (nSPS) is 22.2. The van der Waals surface area contributed by atoms with E-state index in [0.717, 1.165) is 32.4 Å². The van der Waals surface area contributed by atoms with Gasteiger partial charge in [0.25, 0.3) is 0 Å². The van der Waals surface area contributed by atoms with Crippen LogP contribution in [0.1, 0.15) is 26.2 Å². The van der Waals surface area contributed by atoms with Gasteiger partial charge in [0.1, 0.15) is 6.54 Å². The van der Waals surface area contributed by atoms with E-state index >= 15 is 0 Å². The summed E-state index contributed by atoms with van der Waals surface area (Å²) in [6, 6.07) is 0.271. The number of amides is 1. The maximum Gasteiger partial charge on any atom is 0.325 e. The molecule has 1 saturated carbocycles. The number of hydrogen-bond donors (Lipinski definition) is 1. The fourth-order valence-corrected chi connectivity index (χ4v) is 2.22. The number of carbonyl (C=O) groups excluding carboxylic acids is 2. The zero-order valence-corrected chi connectivity index (χ0v) is 11.5. The van der Waals surface area contributed by atoms with Crippen LogP contribution >= 0.6 is 12.4 Å². The SMILES string of the molecule is CCOC(=O)CN(C(=O)C1CCNC1)C1CC1.Cl. The van der Waals surface area contributed by atoms with Crippen molar-refractivity contribution in [2.24, 2.45) is 5.92 Å². The second-order valence-corrected chi connectivity index (χ2v) is 4.69. The Kier molecular flexibility index (Phi) is 5.88. The lowest BCUT2D eigenvalue weighted by Crippen LogP contribution is -2.42. The minimum atomic E-state index is -0.293. The van der Waals surface area contributed by atoms with Crippen LogP contribution in [-0.4, -0.2) is 49.1 Å². The molecule has 2 rings (SSSR count). The Morgan fingerprint density at radius 2 is 2.06 bits per heavy atom. The molecule has 6 heteroatoms. The quantitative estimate of drug-likeness (QED) is 0.746. The molecule has 1 heterocycles. The molecule has 1 atom stereocenters. The largest absolute Gasteiger partial charge is 0.465 e. The van der Waals surface area contributed by atoms with Gasteiger partial charge >= 0.3 is 5.97 Å². The van der Waals surface area contributed by atoms with Crippen LogP contribution in [0.5, 0.6) is 0 Å².